The Morgan fingerprint density at radius 2 is 0.900 bits per heavy atom. The van der Waals surface area contributed by atoms with Gasteiger partial charge in [-0.25, -0.2) is 0 Å². The average molecular weight is 511 g/mol. The Labute approximate surface area is 234 Å². The minimum atomic E-state index is -0.130. The number of hydrogen-bond acceptors (Lipinski definition) is 0. The molecule has 0 unspecified atom stereocenters. The maximum Gasteiger partial charge on any atom is 0.0159 e. The average Bonchev–Trinajstić information content (AvgIpc) is 3.20. The molecule has 0 saturated carbocycles. The van der Waals surface area contributed by atoms with Crippen LogP contribution in [0.5, 0.6) is 0 Å². The fourth-order valence-corrected chi connectivity index (χ4v) is 8.13. The van der Waals surface area contributed by atoms with Crippen LogP contribution in [0.2, 0.25) is 0 Å². The van der Waals surface area contributed by atoms with Crippen molar-refractivity contribution >= 4 is 43.1 Å². The first-order chi connectivity index (χ1) is 19.4. The van der Waals surface area contributed by atoms with E-state index < -0.39 is 0 Å². The van der Waals surface area contributed by atoms with Crippen molar-refractivity contribution in [3.63, 3.8) is 0 Å². The first kappa shape index (κ1) is 22.4. The molecule has 2 aliphatic carbocycles. The summed E-state index contributed by atoms with van der Waals surface area (Å²) in [5.74, 6) is 0. The number of benzene rings is 7. The molecule has 190 valence electrons. The first-order valence-electron chi connectivity index (χ1n) is 14.5. The summed E-state index contributed by atoms with van der Waals surface area (Å²) in [7, 11) is 0. The smallest absolute Gasteiger partial charge is 0.0159 e. The summed E-state index contributed by atoms with van der Waals surface area (Å²) in [5, 5.41) is 10.8. The molecule has 0 aliphatic heterocycles. The van der Waals surface area contributed by atoms with Gasteiger partial charge in [0.2, 0.25) is 0 Å². The highest BCUT2D eigenvalue weighted by atomic mass is 14.5. The van der Waals surface area contributed by atoms with Crippen LogP contribution in [-0.4, -0.2) is 0 Å². The summed E-state index contributed by atoms with van der Waals surface area (Å²) in [6.07, 6.45) is 0. The third-order valence-corrected chi connectivity index (χ3v) is 10.2. The van der Waals surface area contributed by atoms with E-state index in [0.717, 1.165) is 0 Å². The Kier molecular flexibility index (Phi) is 4.03. The minimum Gasteiger partial charge on any atom is -0.0616 e. The molecule has 0 N–H and O–H groups in total. The molecule has 2 aliphatic rings. The third kappa shape index (κ3) is 2.58. The van der Waals surface area contributed by atoms with Gasteiger partial charge in [0.1, 0.15) is 0 Å². The predicted octanol–water partition coefficient (Wildman–Crippen LogP) is 10.9. The Balaban J connectivity index is 1.47. The van der Waals surface area contributed by atoms with E-state index in [0.29, 0.717) is 0 Å². The monoisotopic (exact) mass is 510 g/mol. The molecule has 0 heterocycles. The fraction of sp³-hybridized carbons (Fsp3) is 0.150. The zero-order chi connectivity index (χ0) is 27.0. The highest BCUT2D eigenvalue weighted by Crippen LogP contribution is 2.61. The first-order valence-corrected chi connectivity index (χ1v) is 14.5. The van der Waals surface area contributed by atoms with Gasteiger partial charge in [-0.15, -0.1) is 0 Å². The lowest BCUT2D eigenvalue weighted by molar-refractivity contribution is 0.640. The van der Waals surface area contributed by atoms with Gasteiger partial charge in [0.15, 0.2) is 0 Å². The van der Waals surface area contributed by atoms with Gasteiger partial charge in [-0.2, -0.15) is 0 Å². The van der Waals surface area contributed by atoms with Crippen LogP contribution in [0, 0.1) is 0 Å². The van der Waals surface area contributed by atoms with Crippen molar-refractivity contribution in [2.24, 2.45) is 0 Å². The van der Waals surface area contributed by atoms with Gasteiger partial charge >= 0.3 is 0 Å². The number of rotatable bonds is 1. The molecule has 0 amide bonds. The molecular formula is C40H30. The lowest BCUT2D eigenvalue weighted by atomic mass is 9.67. The quantitative estimate of drug-likeness (QED) is 0.152. The highest BCUT2D eigenvalue weighted by Gasteiger charge is 2.45. The van der Waals surface area contributed by atoms with E-state index in [2.05, 4.69) is 137 Å². The van der Waals surface area contributed by atoms with Crippen LogP contribution in [0.1, 0.15) is 49.9 Å². The van der Waals surface area contributed by atoms with Gasteiger partial charge < -0.3 is 0 Å². The molecule has 0 saturated heterocycles. The van der Waals surface area contributed by atoms with E-state index in [-0.39, 0.29) is 10.8 Å². The standard InChI is InChI=1S/C40H30/c1-39(2)31-18-17-30-27-14-8-5-13-25(27)20-32-36(30)38(31)37-33(39)21-26(22-34(37)40(32,3)4)35-28-15-9-6-11-23(28)19-24-12-7-10-16-29(24)35/h5-22H,1-4H3. The highest BCUT2D eigenvalue weighted by molar-refractivity contribution is 6.19. The summed E-state index contributed by atoms with van der Waals surface area (Å²) in [4.78, 5) is 0. The topological polar surface area (TPSA) is 0 Å². The molecule has 0 atom stereocenters. The van der Waals surface area contributed by atoms with Gasteiger partial charge in [-0.1, -0.05) is 113 Å². The van der Waals surface area contributed by atoms with Crippen LogP contribution in [-0.2, 0) is 10.8 Å². The summed E-state index contributed by atoms with van der Waals surface area (Å²) in [5.41, 5.74) is 11.3. The molecule has 0 fully saturated rings. The second-order valence-corrected chi connectivity index (χ2v) is 12.9. The molecule has 0 nitrogen and oxygen atoms in total. The molecular weight excluding hydrogens is 480 g/mol. The summed E-state index contributed by atoms with van der Waals surface area (Å²) >= 11 is 0. The second kappa shape index (κ2) is 7.20. The number of fused-ring (bicyclic) bond motifs is 4. The van der Waals surface area contributed by atoms with Crippen molar-refractivity contribution in [1.29, 1.82) is 0 Å². The van der Waals surface area contributed by atoms with Crippen LogP contribution in [0.15, 0.2) is 109 Å². The van der Waals surface area contributed by atoms with E-state index in [9.17, 15) is 0 Å². The van der Waals surface area contributed by atoms with Gasteiger partial charge in [0.05, 0.1) is 0 Å². The second-order valence-electron chi connectivity index (χ2n) is 12.9. The Bertz CT molecular complexity index is 2200. The van der Waals surface area contributed by atoms with Crippen molar-refractivity contribution in [2.45, 2.75) is 38.5 Å². The van der Waals surface area contributed by atoms with E-state index in [1.807, 2.05) is 0 Å². The van der Waals surface area contributed by atoms with Crippen LogP contribution >= 0.6 is 0 Å². The Morgan fingerprint density at radius 3 is 1.52 bits per heavy atom. The van der Waals surface area contributed by atoms with Crippen LogP contribution in [0.25, 0.3) is 65.3 Å². The number of hydrogen-bond donors (Lipinski definition) is 0. The fourth-order valence-electron chi connectivity index (χ4n) is 8.13. The Morgan fingerprint density at radius 1 is 0.375 bits per heavy atom. The van der Waals surface area contributed by atoms with Crippen LogP contribution in [0.4, 0.5) is 0 Å². The lowest BCUT2D eigenvalue weighted by Gasteiger charge is -2.36. The van der Waals surface area contributed by atoms with Crippen molar-refractivity contribution < 1.29 is 0 Å². The summed E-state index contributed by atoms with van der Waals surface area (Å²) < 4.78 is 0. The van der Waals surface area contributed by atoms with E-state index in [1.165, 1.54) is 87.6 Å². The van der Waals surface area contributed by atoms with Crippen LogP contribution < -0.4 is 0 Å². The van der Waals surface area contributed by atoms with Gasteiger partial charge in [0.25, 0.3) is 0 Å². The molecule has 7 aromatic rings. The maximum atomic E-state index is 2.54. The zero-order valence-corrected chi connectivity index (χ0v) is 23.4. The van der Waals surface area contributed by atoms with E-state index >= 15 is 0 Å². The molecule has 0 radical (unpaired) electrons. The van der Waals surface area contributed by atoms with E-state index in [4.69, 9.17) is 0 Å². The van der Waals surface area contributed by atoms with Crippen molar-refractivity contribution in [1.82, 2.24) is 0 Å². The molecule has 9 rings (SSSR count). The minimum absolute atomic E-state index is 0.0761. The Hall–Kier alpha value is -4.42. The van der Waals surface area contributed by atoms with Gasteiger partial charge in [-0.3, -0.25) is 0 Å². The van der Waals surface area contributed by atoms with Gasteiger partial charge in [0, 0.05) is 10.8 Å². The lowest BCUT2D eigenvalue weighted by Crippen LogP contribution is -2.24. The molecule has 0 heteroatoms. The zero-order valence-electron chi connectivity index (χ0n) is 23.4. The summed E-state index contributed by atoms with van der Waals surface area (Å²) in [6.45, 7) is 9.74. The third-order valence-electron chi connectivity index (χ3n) is 10.2. The normalized spacial score (nSPS) is 15.9. The van der Waals surface area contributed by atoms with Crippen molar-refractivity contribution in [3.8, 4) is 22.3 Å². The molecule has 0 bridgehead atoms. The molecule has 0 aromatic heterocycles. The van der Waals surface area contributed by atoms with E-state index in [1.54, 1.807) is 0 Å². The van der Waals surface area contributed by atoms with Crippen LogP contribution in [0.3, 0.4) is 0 Å². The SMILES string of the molecule is CC1(C)c2cc(-c3c4ccccc4cc4ccccc34)cc3c2-c2c1ccc1c2c(cc2ccccc21)C3(C)C. The largest absolute Gasteiger partial charge is 0.0616 e. The molecule has 0 spiro atoms. The molecule has 7 aromatic carbocycles. The van der Waals surface area contributed by atoms with Crippen molar-refractivity contribution in [3.05, 3.63) is 131 Å². The predicted molar refractivity (Wildman–Crippen MR) is 172 cm³/mol. The summed E-state index contributed by atoms with van der Waals surface area (Å²) in [6, 6.07) is 41.4. The molecule has 40 heavy (non-hydrogen) atoms. The maximum absolute atomic E-state index is 2.54. The van der Waals surface area contributed by atoms with Gasteiger partial charge in [-0.05, 0) is 112 Å². The van der Waals surface area contributed by atoms with Crippen molar-refractivity contribution in [2.75, 3.05) is 0 Å².